The van der Waals surface area contributed by atoms with E-state index in [2.05, 4.69) is 5.32 Å². The summed E-state index contributed by atoms with van der Waals surface area (Å²) in [5, 5.41) is 11.2. The predicted molar refractivity (Wildman–Crippen MR) is 36.6 cm³/mol. The Morgan fingerprint density at radius 1 is 1.89 bits per heavy atom. The van der Waals surface area contributed by atoms with E-state index in [4.69, 9.17) is 17.3 Å². The Morgan fingerprint density at radius 3 is 2.78 bits per heavy atom. The lowest BCUT2D eigenvalue weighted by Crippen LogP contribution is -2.34. The van der Waals surface area contributed by atoms with Crippen molar-refractivity contribution in [3.63, 3.8) is 0 Å². The Kier molecular flexibility index (Phi) is 1.78. The van der Waals surface area contributed by atoms with Crippen molar-refractivity contribution in [1.82, 2.24) is 5.32 Å². The molecule has 0 aromatic heterocycles. The lowest BCUT2D eigenvalue weighted by atomic mass is 10.2. The third kappa shape index (κ3) is 1.25. The fourth-order valence-corrected chi connectivity index (χ4v) is 1.11. The molecular weight excluding hydrogens is 138 g/mol. The van der Waals surface area contributed by atoms with Gasteiger partial charge in [-0.2, -0.15) is 0 Å². The minimum atomic E-state index is -0.863. The van der Waals surface area contributed by atoms with Gasteiger partial charge in [-0.25, -0.2) is 0 Å². The van der Waals surface area contributed by atoms with Crippen molar-refractivity contribution in [3.05, 3.63) is 0 Å². The topological polar surface area (TPSA) is 49.3 Å². The number of rotatable bonds is 1. The highest BCUT2D eigenvalue weighted by atomic mass is 32.1. The van der Waals surface area contributed by atoms with Gasteiger partial charge in [0.05, 0.1) is 0 Å². The lowest BCUT2D eigenvalue weighted by molar-refractivity contribution is -0.137. The van der Waals surface area contributed by atoms with Gasteiger partial charge >= 0.3 is 5.97 Å². The molecule has 1 atom stereocenters. The molecule has 3 nitrogen and oxygen atoms in total. The fraction of sp³-hybridized carbons (Fsp3) is 0.600. The third-order valence-corrected chi connectivity index (χ3v) is 1.73. The van der Waals surface area contributed by atoms with Crippen LogP contribution in [-0.4, -0.2) is 28.5 Å². The Labute approximate surface area is 58.1 Å². The summed E-state index contributed by atoms with van der Waals surface area (Å²) in [6.07, 6.45) is 0.715. The third-order valence-electron chi connectivity index (χ3n) is 1.29. The number of carboxylic acid groups (broad SMARTS) is 1. The van der Waals surface area contributed by atoms with E-state index in [0.717, 1.165) is 0 Å². The van der Waals surface area contributed by atoms with Gasteiger partial charge in [0.2, 0.25) is 0 Å². The van der Waals surface area contributed by atoms with Crippen molar-refractivity contribution in [2.24, 2.45) is 0 Å². The Hall–Kier alpha value is -0.480. The molecule has 0 radical (unpaired) electrons. The maximum absolute atomic E-state index is 10.3. The van der Waals surface area contributed by atoms with Gasteiger partial charge in [0.25, 0.3) is 0 Å². The lowest BCUT2D eigenvalue weighted by Gasteiger charge is -2.01. The van der Waals surface area contributed by atoms with Crippen molar-refractivity contribution in [1.29, 1.82) is 0 Å². The predicted octanol–water partition coefficient (Wildman–Crippen LogP) is -0.197. The van der Waals surface area contributed by atoms with Gasteiger partial charge < -0.3 is 5.11 Å². The van der Waals surface area contributed by atoms with Crippen LogP contribution in [0.3, 0.4) is 0 Å². The standard InChI is InChI=1S/C5H7NO2S/c7-5(8)4-3(9)1-2-6-4/h4,6H,1-2H2,(H,7,8)/t4-/m1/s1. The molecule has 0 aliphatic carbocycles. The number of carbonyl (C=O) groups is 1. The molecule has 1 fully saturated rings. The molecule has 0 aromatic rings. The number of thiocarbonyl (C=S) groups is 1. The van der Waals surface area contributed by atoms with Gasteiger partial charge in [-0.05, 0) is 6.42 Å². The molecule has 0 saturated carbocycles. The van der Waals surface area contributed by atoms with Gasteiger partial charge in [-0.3, -0.25) is 10.1 Å². The summed E-state index contributed by atoms with van der Waals surface area (Å²) in [5.41, 5.74) is 0. The molecular formula is C5H7NO2S. The highest BCUT2D eigenvalue weighted by molar-refractivity contribution is 7.80. The van der Waals surface area contributed by atoms with Crippen LogP contribution in [0.4, 0.5) is 0 Å². The van der Waals surface area contributed by atoms with Gasteiger partial charge in [0.15, 0.2) is 0 Å². The van der Waals surface area contributed by atoms with Gasteiger partial charge in [0.1, 0.15) is 6.04 Å². The number of nitrogens with one attached hydrogen (secondary N) is 1. The van der Waals surface area contributed by atoms with Crippen molar-refractivity contribution >= 4 is 23.1 Å². The first-order chi connectivity index (χ1) is 4.22. The number of aliphatic carboxylic acids is 1. The van der Waals surface area contributed by atoms with E-state index in [-0.39, 0.29) is 0 Å². The van der Waals surface area contributed by atoms with E-state index in [1.165, 1.54) is 0 Å². The van der Waals surface area contributed by atoms with Crippen LogP contribution in [-0.2, 0) is 4.79 Å². The van der Waals surface area contributed by atoms with Gasteiger partial charge in [0, 0.05) is 11.4 Å². The first kappa shape index (κ1) is 6.64. The Bertz CT molecular complexity index is 157. The fourth-order valence-electron chi connectivity index (χ4n) is 0.823. The van der Waals surface area contributed by atoms with Crippen LogP contribution in [0, 0.1) is 0 Å². The Morgan fingerprint density at radius 2 is 2.56 bits per heavy atom. The summed E-state index contributed by atoms with van der Waals surface area (Å²) in [5.74, 6) is -0.863. The van der Waals surface area contributed by atoms with Crippen LogP contribution >= 0.6 is 12.2 Å². The molecule has 0 amide bonds. The first-order valence-corrected chi connectivity index (χ1v) is 3.11. The normalized spacial score (nSPS) is 26.7. The monoisotopic (exact) mass is 145 g/mol. The summed E-state index contributed by atoms with van der Waals surface area (Å²) in [6, 6.07) is -0.569. The molecule has 0 unspecified atom stereocenters. The summed E-state index contributed by atoms with van der Waals surface area (Å²) in [6.45, 7) is 0.704. The average molecular weight is 145 g/mol. The van der Waals surface area contributed by atoms with Gasteiger partial charge in [-0.1, -0.05) is 12.2 Å². The maximum atomic E-state index is 10.3. The number of carboxylic acids is 1. The number of hydrogen-bond donors (Lipinski definition) is 2. The molecule has 1 rings (SSSR count). The molecule has 1 aliphatic heterocycles. The minimum Gasteiger partial charge on any atom is -0.480 e. The smallest absolute Gasteiger partial charge is 0.325 e. The molecule has 0 bridgehead atoms. The van der Waals surface area contributed by atoms with Crippen LogP contribution in [0.1, 0.15) is 6.42 Å². The minimum absolute atomic E-state index is 0.569. The van der Waals surface area contributed by atoms with E-state index >= 15 is 0 Å². The zero-order valence-electron chi connectivity index (χ0n) is 4.76. The maximum Gasteiger partial charge on any atom is 0.325 e. The van der Waals surface area contributed by atoms with Crippen molar-refractivity contribution in [2.45, 2.75) is 12.5 Å². The molecule has 0 aromatic carbocycles. The largest absolute Gasteiger partial charge is 0.480 e. The van der Waals surface area contributed by atoms with Crippen LogP contribution in [0.2, 0.25) is 0 Å². The zero-order valence-corrected chi connectivity index (χ0v) is 5.57. The molecule has 1 saturated heterocycles. The summed E-state index contributed by atoms with van der Waals surface area (Å²) in [7, 11) is 0. The summed E-state index contributed by atoms with van der Waals surface area (Å²) in [4.78, 5) is 10.9. The Balaban J connectivity index is 2.60. The molecule has 9 heavy (non-hydrogen) atoms. The van der Waals surface area contributed by atoms with Crippen molar-refractivity contribution in [3.8, 4) is 0 Å². The SMILES string of the molecule is O=C(O)[C@@H]1NCCC1=S. The first-order valence-electron chi connectivity index (χ1n) is 2.70. The van der Waals surface area contributed by atoms with E-state index in [0.29, 0.717) is 17.8 Å². The molecule has 1 heterocycles. The van der Waals surface area contributed by atoms with Crippen LogP contribution < -0.4 is 5.32 Å². The van der Waals surface area contributed by atoms with Crippen molar-refractivity contribution < 1.29 is 9.90 Å². The van der Waals surface area contributed by atoms with E-state index in [9.17, 15) is 4.79 Å². The summed E-state index contributed by atoms with van der Waals surface area (Å²) < 4.78 is 0. The van der Waals surface area contributed by atoms with Crippen LogP contribution in [0.15, 0.2) is 0 Å². The molecule has 1 aliphatic rings. The van der Waals surface area contributed by atoms with Crippen molar-refractivity contribution in [2.75, 3.05) is 6.54 Å². The highest BCUT2D eigenvalue weighted by Crippen LogP contribution is 2.02. The number of hydrogen-bond acceptors (Lipinski definition) is 3. The highest BCUT2D eigenvalue weighted by Gasteiger charge is 2.26. The summed E-state index contributed by atoms with van der Waals surface area (Å²) >= 11 is 4.77. The van der Waals surface area contributed by atoms with Gasteiger partial charge in [-0.15, -0.1) is 0 Å². The quantitative estimate of drug-likeness (QED) is 0.502. The van der Waals surface area contributed by atoms with Crippen LogP contribution in [0.25, 0.3) is 0 Å². The average Bonchev–Trinajstić information content (AvgIpc) is 2.13. The second-order valence-electron chi connectivity index (χ2n) is 1.94. The van der Waals surface area contributed by atoms with E-state index < -0.39 is 12.0 Å². The second-order valence-corrected chi connectivity index (χ2v) is 2.47. The molecule has 2 N–H and O–H groups in total. The van der Waals surface area contributed by atoms with E-state index in [1.54, 1.807) is 0 Å². The van der Waals surface area contributed by atoms with E-state index in [1.807, 2.05) is 0 Å². The van der Waals surface area contributed by atoms with Crippen LogP contribution in [0.5, 0.6) is 0 Å². The second kappa shape index (κ2) is 2.41. The molecule has 4 heteroatoms. The molecule has 50 valence electrons. The molecule has 0 spiro atoms. The zero-order chi connectivity index (χ0) is 6.85.